The van der Waals surface area contributed by atoms with Crippen LogP contribution >= 0.6 is 22.6 Å². The van der Waals surface area contributed by atoms with Gasteiger partial charge in [-0.15, -0.1) is 0 Å². The number of carbonyl (C=O) groups excluding carboxylic acids is 1. The summed E-state index contributed by atoms with van der Waals surface area (Å²) in [6, 6.07) is 6.23. The predicted molar refractivity (Wildman–Crippen MR) is 108 cm³/mol. The molecule has 0 bridgehead atoms. The molecule has 0 aliphatic carbocycles. The molecule has 1 N–H and O–H groups in total. The summed E-state index contributed by atoms with van der Waals surface area (Å²) in [7, 11) is -1.91. The van der Waals surface area contributed by atoms with Crippen LogP contribution in [0.1, 0.15) is 0 Å². The molecule has 14 heteroatoms. The zero-order valence-electron chi connectivity index (χ0n) is 15.8. The van der Waals surface area contributed by atoms with Gasteiger partial charge in [-0.2, -0.15) is 18.4 Å². The first-order chi connectivity index (χ1) is 13.4. The number of urea groups is 1. The first-order valence-corrected chi connectivity index (χ1v) is 10.5. The van der Waals surface area contributed by atoms with E-state index in [-0.39, 0.29) is 58.8 Å². The number of ether oxygens (including phenoxy) is 3. The average Bonchev–Trinajstić information content (AvgIpc) is 2.66. The van der Waals surface area contributed by atoms with Crippen LogP contribution in [-0.2, 0) is 10.3 Å². The Morgan fingerprint density at radius 3 is 2.28 bits per heavy atom. The average molecular weight is 546 g/mol. The molecule has 0 fully saturated rings. The number of alkyl halides is 1. The van der Waals surface area contributed by atoms with Crippen molar-refractivity contribution >= 4 is 44.9 Å². The number of hydrogen-bond acceptors (Lipinski definition) is 9. The summed E-state index contributed by atoms with van der Waals surface area (Å²) in [6.07, 6.45) is 0. The molecule has 1 aromatic heterocycles. The number of benzene rings is 1. The van der Waals surface area contributed by atoms with Gasteiger partial charge in [0.2, 0.25) is 11.8 Å². The number of methoxy groups -OCH3 is 2. The van der Waals surface area contributed by atoms with Crippen molar-refractivity contribution in [3.05, 3.63) is 35.1 Å². The Morgan fingerprint density at radius 1 is 1.14 bits per heavy atom. The van der Waals surface area contributed by atoms with Gasteiger partial charge >= 0.3 is 39.9 Å². The van der Waals surface area contributed by atoms with E-state index in [1.54, 1.807) is 12.1 Å². The quantitative estimate of drug-likeness (QED) is 0.252. The van der Waals surface area contributed by atoms with Gasteiger partial charge < -0.3 is 23.7 Å². The third kappa shape index (κ3) is 8.38. The Bertz CT molecular complexity index is 910. The SMILES string of the molecule is COc1cc(OC)nc(NC(=O)[N-]S(=O)(=O)Oc2ccccc2OCCI)n1.[Na+]. The molecule has 152 valence electrons. The summed E-state index contributed by atoms with van der Waals surface area (Å²) < 4.78 is 48.0. The number of nitrogens with zero attached hydrogens (tertiary/aromatic N) is 3. The van der Waals surface area contributed by atoms with Crippen molar-refractivity contribution in [1.82, 2.24) is 9.97 Å². The zero-order valence-corrected chi connectivity index (χ0v) is 20.8. The van der Waals surface area contributed by atoms with Gasteiger partial charge in [0.05, 0.1) is 26.9 Å². The van der Waals surface area contributed by atoms with Crippen LogP contribution in [0.25, 0.3) is 4.72 Å². The van der Waals surface area contributed by atoms with E-state index in [9.17, 15) is 13.2 Å². The summed E-state index contributed by atoms with van der Waals surface area (Å²) in [5.74, 6) is 0.0542. The van der Waals surface area contributed by atoms with Gasteiger partial charge in [-0.25, -0.2) is 0 Å². The molecule has 0 saturated carbocycles. The first kappa shape index (κ1) is 25.5. The van der Waals surface area contributed by atoms with E-state index in [1.165, 1.54) is 32.4 Å². The van der Waals surface area contributed by atoms with E-state index >= 15 is 0 Å². The van der Waals surface area contributed by atoms with E-state index in [0.29, 0.717) is 11.0 Å². The predicted octanol–water partition coefficient (Wildman–Crippen LogP) is -0.459. The molecule has 1 aromatic carbocycles. The zero-order chi connectivity index (χ0) is 20.6. The van der Waals surface area contributed by atoms with Crippen LogP contribution in [0.5, 0.6) is 23.3 Å². The topological polar surface area (TPSA) is 140 Å². The van der Waals surface area contributed by atoms with Gasteiger partial charge in [0.1, 0.15) is 0 Å². The number of rotatable bonds is 9. The van der Waals surface area contributed by atoms with E-state index in [4.69, 9.17) is 18.4 Å². The van der Waals surface area contributed by atoms with Crippen LogP contribution < -0.4 is 53.3 Å². The van der Waals surface area contributed by atoms with Crippen molar-refractivity contribution in [2.45, 2.75) is 0 Å². The Labute approximate surface area is 203 Å². The number of para-hydroxylation sites is 2. The van der Waals surface area contributed by atoms with Crippen molar-refractivity contribution in [1.29, 1.82) is 0 Å². The van der Waals surface area contributed by atoms with E-state index in [0.717, 1.165) is 0 Å². The molecule has 0 aliphatic heterocycles. The molecule has 0 unspecified atom stereocenters. The maximum Gasteiger partial charge on any atom is 1.00 e. The number of amides is 2. The van der Waals surface area contributed by atoms with Crippen molar-refractivity contribution in [3.8, 4) is 23.3 Å². The molecule has 11 nitrogen and oxygen atoms in total. The van der Waals surface area contributed by atoms with Crippen LogP contribution in [0.2, 0.25) is 0 Å². The molecule has 2 aromatic rings. The minimum absolute atomic E-state index is 0. The molecule has 0 aliphatic rings. The molecular weight excluding hydrogens is 530 g/mol. The molecule has 29 heavy (non-hydrogen) atoms. The van der Waals surface area contributed by atoms with Gasteiger partial charge in [0, 0.05) is 4.43 Å². The molecule has 2 amide bonds. The first-order valence-electron chi connectivity index (χ1n) is 7.60. The van der Waals surface area contributed by atoms with Gasteiger partial charge in [0.15, 0.2) is 23.5 Å². The Kier molecular flexibility index (Phi) is 10.7. The van der Waals surface area contributed by atoms with E-state index in [1.807, 2.05) is 0 Å². The third-order valence-electron chi connectivity index (χ3n) is 2.89. The van der Waals surface area contributed by atoms with Crippen LogP contribution in [0.15, 0.2) is 30.3 Å². The van der Waals surface area contributed by atoms with Crippen LogP contribution in [-0.4, -0.2) is 49.7 Å². The molecular formula is C15H16IN4NaO7S. The third-order valence-corrected chi connectivity index (χ3v) is 4.11. The van der Waals surface area contributed by atoms with Gasteiger partial charge in [0.25, 0.3) is 0 Å². The maximum atomic E-state index is 12.1. The normalized spacial score (nSPS) is 10.3. The maximum absolute atomic E-state index is 12.1. The smallest absolute Gasteiger partial charge is 0.489 e. The van der Waals surface area contributed by atoms with Crippen LogP contribution in [0.4, 0.5) is 10.7 Å². The number of nitrogens with one attached hydrogen (secondary N) is 1. The Morgan fingerprint density at radius 2 is 1.72 bits per heavy atom. The van der Waals surface area contributed by atoms with Gasteiger partial charge in [-0.05, 0) is 12.1 Å². The molecule has 0 radical (unpaired) electrons. The van der Waals surface area contributed by atoms with Crippen molar-refractivity contribution in [2.24, 2.45) is 0 Å². The fourth-order valence-electron chi connectivity index (χ4n) is 1.81. The monoisotopic (exact) mass is 546 g/mol. The van der Waals surface area contributed by atoms with E-state index < -0.39 is 16.3 Å². The Balaban J connectivity index is 0.00000420. The minimum atomic E-state index is -4.62. The number of halogens is 1. The molecule has 0 spiro atoms. The molecule has 1 heterocycles. The second kappa shape index (κ2) is 12.2. The summed E-state index contributed by atoms with van der Waals surface area (Å²) in [5, 5.41) is 2.10. The van der Waals surface area contributed by atoms with Crippen molar-refractivity contribution in [3.63, 3.8) is 0 Å². The van der Waals surface area contributed by atoms with Gasteiger partial charge in [-0.1, -0.05) is 34.7 Å². The summed E-state index contributed by atoms with van der Waals surface area (Å²) in [4.78, 5) is 19.6. The number of hydrogen-bond donors (Lipinski definition) is 1. The summed E-state index contributed by atoms with van der Waals surface area (Å²) in [6.45, 7) is 0.355. The van der Waals surface area contributed by atoms with Gasteiger partial charge in [-0.3, -0.25) is 9.52 Å². The number of carbonyl (C=O) groups is 1. The number of anilines is 1. The molecule has 2 rings (SSSR count). The largest absolute Gasteiger partial charge is 1.00 e. The standard InChI is InChI=1S/C15H17IN4O7S.Na/c1-24-12-9-13(25-2)18-14(17-12)19-15(21)20-28(22,23)27-11-6-4-3-5-10(11)26-8-7-16;/h3-6,9H,7-8H2,1-2H3,(H2,17,18,19,20,21);/q;+1/p-1. The van der Waals surface area contributed by atoms with Crippen LogP contribution in [0, 0.1) is 0 Å². The summed E-state index contributed by atoms with van der Waals surface area (Å²) in [5.41, 5.74) is 0. The van der Waals surface area contributed by atoms with E-state index in [2.05, 4.69) is 42.6 Å². The van der Waals surface area contributed by atoms with Crippen LogP contribution in [0.3, 0.4) is 0 Å². The molecule has 0 atom stereocenters. The second-order valence-electron chi connectivity index (χ2n) is 4.79. The molecule has 0 saturated heterocycles. The van der Waals surface area contributed by atoms with Crippen molar-refractivity contribution < 1.29 is 61.2 Å². The second-order valence-corrected chi connectivity index (χ2v) is 7.08. The van der Waals surface area contributed by atoms with Crippen molar-refractivity contribution in [2.75, 3.05) is 30.6 Å². The Hall–Kier alpha value is -1.55. The summed E-state index contributed by atoms with van der Waals surface area (Å²) >= 11 is 2.11. The minimum Gasteiger partial charge on any atom is -0.489 e. The fraction of sp³-hybridized carbons (Fsp3) is 0.267. The number of aromatic nitrogens is 2. The fourth-order valence-corrected chi connectivity index (χ4v) is 2.68.